The highest BCUT2D eigenvalue weighted by atomic mass is 16.6. The highest BCUT2D eigenvalue weighted by molar-refractivity contribution is 5.78. The molecule has 0 saturated carbocycles. The minimum absolute atomic E-state index is 0.0677. The lowest BCUT2D eigenvalue weighted by atomic mass is 9.84. The molecule has 2 saturated heterocycles. The second kappa shape index (κ2) is 8.07. The van der Waals surface area contributed by atoms with Gasteiger partial charge >= 0.3 is 12.1 Å². The maximum Gasteiger partial charge on any atom is 0.410 e. The van der Waals surface area contributed by atoms with Crippen LogP contribution in [0.2, 0.25) is 0 Å². The summed E-state index contributed by atoms with van der Waals surface area (Å²) in [7, 11) is 1.36. The van der Waals surface area contributed by atoms with Crippen LogP contribution in [0.25, 0.3) is 0 Å². The van der Waals surface area contributed by atoms with Crippen LogP contribution < -0.4 is 0 Å². The van der Waals surface area contributed by atoms with Crippen LogP contribution in [0, 0.1) is 11.3 Å². The fourth-order valence-electron chi connectivity index (χ4n) is 4.00. The highest BCUT2D eigenvalue weighted by Gasteiger charge is 2.43. The Balaban J connectivity index is 1.91. The molecule has 7 heteroatoms. The van der Waals surface area contributed by atoms with Gasteiger partial charge in [-0.05, 0) is 44.9 Å². The topological polar surface area (TPSA) is 76.2 Å². The average Bonchev–Trinajstić information content (AvgIpc) is 2.95. The van der Waals surface area contributed by atoms with E-state index in [9.17, 15) is 14.4 Å². The van der Waals surface area contributed by atoms with Crippen molar-refractivity contribution in [3.05, 3.63) is 0 Å². The molecule has 0 unspecified atom stereocenters. The lowest BCUT2D eigenvalue weighted by Gasteiger charge is -2.39. The molecule has 2 rings (SSSR count). The Morgan fingerprint density at radius 3 is 2.26 bits per heavy atom. The molecule has 154 valence electrons. The Kier molecular flexibility index (Phi) is 6.43. The smallest absolute Gasteiger partial charge is 0.410 e. The van der Waals surface area contributed by atoms with E-state index < -0.39 is 11.0 Å². The molecule has 0 radical (unpaired) electrons. The van der Waals surface area contributed by atoms with E-state index in [0.29, 0.717) is 32.0 Å². The van der Waals surface area contributed by atoms with Gasteiger partial charge in [0.1, 0.15) is 5.60 Å². The summed E-state index contributed by atoms with van der Waals surface area (Å²) in [6.07, 6.45) is 1.94. The maximum atomic E-state index is 12.7. The lowest BCUT2D eigenvalue weighted by molar-refractivity contribution is -0.144. The van der Waals surface area contributed by atoms with E-state index in [1.54, 1.807) is 0 Å². The first kappa shape index (κ1) is 21.5. The Bertz CT molecular complexity index is 581. The minimum atomic E-state index is -0.503. The molecule has 2 atom stereocenters. The van der Waals surface area contributed by atoms with Gasteiger partial charge in [0, 0.05) is 32.1 Å². The molecule has 2 aliphatic rings. The number of piperidine rings is 1. The molecule has 2 heterocycles. The fraction of sp³-hybridized carbons (Fsp3) is 0.850. The van der Waals surface area contributed by atoms with E-state index in [4.69, 9.17) is 9.47 Å². The molecular weight excluding hydrogens is 348 g/mol. The van der Waals surface area contributed by atoms with Gasteiger partial charge in [0.15, 0.2) is 0 Å². The first-order valence-corrected chi connectivity index (χ1v) is 9.76. The average molecular weight is 383 g/mol. The van der Waals surface area contributed by atoms with Crippen LogP contribution >= 0.6 is 0 Å². The van der Waals surface area contributed by atoms with Crippen LogP contribution in [0.4, 0.5) is 4.79 Å². The predicted octanol–water partition coefficient (Wildman–Crippen LogP) is 2.82. The van der Waals surface area contributed by atoms with Crippen LogP contribution in [0.5, 0.6) is 0 Å². The molecule has 0 aromatic rings. The van der Waals surface area contributed by atoms with Crippen LogP contribution in [-0.2, 0) is 19.1 Å². The molecule has 2 aliphatic heterocycles. The fourth-order valence-corrected chi connectivity index (χ4v) is 4.00. The first-order chi connectivity index (χ1) is 12.4. The summed E-state index contributed by atoms with van der Waals surface area (Å²) in [4.78, 5) is 40.4. The van der Waals surface area contributed by atoms with Crippen LogP contribution in [0.1, 0.15) is 60.3 Å². The van der Waals surface area contributed by atoms with Gasteiger partial charge in [-0.2, -0.15) is 0 Å². The number of hydrogen-bond donors (Lipinski definition) is 0. The third kappa shape index (κ3) is 5.84. The van der Waals surface area contributed by atoms with E-state index >= 15 is 0 Å². The number of carbonyl (C=O) groups excluding carboxylic acids is 3. The monoisotopic (exact) mass is 382 g/mol. The summed E-state index contributed by atoms with van der Waals surface area (Å²) < 4.78 is 10.2. The highest BCUT2D eigenvalue weighted by Crippen LogP contribution is 2.34. The second-order valence-electron chi connectivity index (χ2n) is 9.51. The minimum Gasteiger partial charge on any atom is -0.469 e. The largest absolute Gasteiger partial charge is 0.469 e. The van der Waals surface area contributed by atoms with Crippen molar-refractivity contribution in [2.24, 2.45) is 11.3 Å². The Labute approximate surface area is 162 Å². The Morgan fingerprint density at radius 1 is 1.00 bits per heavy atom. The summed E-state index contributed by atoms with van der Waals surface area (Å²) in [5.74, 6) is 0.0623. The lowest BCUT2D eigenvalue weighted by Crippen LogP contribution is -2.50. The van der Waals surface area contributed by atoms with Crippen molar-refractivity contribution in [1.29, 1.82) is 0 Å². The van der Waals surface area contributed by atoms with Gasteiger partial charge < -0.3 is 19.3 Å². The molecule has 27 heavy (non-hydrogen) atoms. The quantitative estimate of drug-likeness (QED) is 0.699. The molecular formula is C20H34N2O5. The SMILES string of the molecule is COC(=O)CC(C)(C)CC(=O)N1CC[C@H]2[C@@H](CCN2C(=O)OC(C)(C)C)C1. The van der Waals surface area contributed by atoms with Gasteiger partial charge in [-0.25, -0.2) is 4.79 Å². The van der Waals surface area contributed by atoms with Gasteiger partial charge in [0.2, 0.25) is 5.91 Å². The molecule has 0 N–H and O–H groups in total. The predicted molar refractivity (Wildman–Crippen MR) is 101 cm³/mol. The van der Waals surface area contributed by atoms with Crippen molar-refractivity contribution in [3.8, 4) is 0 Å². The summed E-state index contributed by atoms with van der Waals surface area (Å²) in [5, 5.41) is 0. The number of hydrogen-bond acceptors (Lipinski definition) is 5. The van der Waals surface area contributed by atoms with Crippen molar-refractivity contribution in [2.45, 2.75) is 71.9 Å². The first-order valence-electron chi connectivity index (χ1n) is 9.76. The number of ether oxygens (including phenoxy) is 2. The van der Waals surface area contributed by atoms with Gasteiger partial charge in [-0.3, -0.25) is 9.59 Å². The molecule has 7 nitrogen and oxygen atoms in total. The second-order valence-corrected chi connectivity index (χ2v) is 9.51. The van der Waals surface area contributed by atoms with Gasteiger partial charge in [-0.1, -0.05) is 13.8 Å². The van der Waals surface area contributed by atoms with E-state index in [2.05, 4.69) is 0 Å². The summed E-state index contributed by atoms with van der Waals surface area (Å²) in [6, 6.07) is 0.145. The number of esters is 1. The third-order valence-electron chi connectivity index (χ3n) is 5.30. The number of carbonyl (C=O) groups is 3. The molecule has 0 spiro atoms. The van der Waals surface area contributed by atoms with Crippen molar-refractivity contribution < 1.29 is 23.9 Å². The summed E-state index contributed by atoms with van der Waals surface area (Å²) in [6.45, 7) is 11.4. The summed E-state index contributed by atoms with van der Waals surface area (Å²) >= 11 is 0. The standard InChI is InChI=1S/C20H34N2O5/c1-19(2,3)27-18(25)22-10-7-14-13-21(9-8-15(14)22)16(23)11-20(4,5)12-17(24)26-6/h14-15H,7-13H2,1-6H3/t14-,15-/m0/s1. The number of nitrogens with zero attached hydrogens (tertiary/aromatic N) is 2. The van der Waals surface area contributed by atoms with Gasteiger partial charge in [-0.15, -0.1) is 0 Å². The Hall–Kier alpha value is -1.79. The maximum absolute atomic E-state index is 12.7. The third-order valence-corrected chi connectivity index (χ3v) is 5.30. The van der Waals surface area contributed by atoms with Gasteiger partial charge in [0.25, 0.3) is 0 Å². The molecule has 2 amide bonds. The van der Waals surface area contributed by atoms with Crippen LogP contribution in [0.15, 0.2) is 0 Å². The molecule has 2 fully saturated rings. The van der Waals surface area contributed by atoms with Crippen molar-refractivity contribution in [1.82, 2.24) is 9.80 Å². The number of likely N-dealkylation sites (tertiary alicyclic amines) is 2. The van der Waals surface area contributed by atoms with E-state index in [1.807, 2.05) is 44.4 Å². The normalized spacial score (nSPS) is 23.0. The van der Waals surface area contributed by atoms with Crippen LogP contribution in [0.3, 0.4) is 0 Å². The van der Waals surface area contributed by atoms with Gasteiger partial charge in [0.05, 0.1) is 13.5 Å². The number of amides is 2. The molecule has 0 aliphatic carbocycles. The van der Waals surface area contributed by atoms with E-state index in [1.165, 1.54) is 7.11 Å². The number of rotatable bonds is 4. The molecule has 0 aromatic carbocycles. The summed E-state index contributed by atoms with van der Waals surface area (Å²) in [5.41, 5.74) is -0.934. The van der Waals surface area contributed by atoms with E-state index in [-0.39, 0.29) is 30.4 Å². The zero-order valence-corrected chi connectivity index (χ0v) is 17.5. The van der Waals surface area contributed by atoms with Crippen molar-refractivity contribution in [2.75, 3.05) is 26.7 Å². The number of fused-ring (bicyclic) bond motifs is 1. The van der Waals surface area contributed by atoms with Crippen molar-refractivity contribution in [3.63, 3.8) is 0 Å². The van der Waals surface area contributed by atoms with E-state index in [0.717, 1.165) is 12.8 Å². The molecule has 0 aromatic heterocycles. The zero-order chi connectivity index (χ0) is 20.4. The van der Waals surface area contributed by atoms with Crippen LogP contribution in [-0.4, -0.2) is 66.2 Å². The zero-order valence-electron chi connectivity index (χ0n) is 17.5. The van der Waals surface area contributed by atoms with Crippen molar-refractivity contribution >= 4 is 18.0 Å². The number of methoxy groups -OCH3 is 1. The Morgan fingerprint density at radius 2 is 1.67 bits per heavy atom. The molecule has 0 bridgehead atoms.